The van der Waals surface area contributed by atoms with Crippen LogP contribution in [0.1, 0.15) is 50.2 Å². The molecule has 0 unspecified atom stereocenters. The molecule has 0 saturated carbocycles. The van der Waals surface area contributed by atoms with Gasteiger partial charge >= 0.3 is 0 Å². The van der Waals surface area contributed by atoms with Gasteiger partial charge in [-0.15, -0.1) is 5.10 Å². The molecule has 1 aliphatic rings. The van der Waals surface area contributed by atoms with Gasteiger partial charge in [0.15, 0.2) is 0 Å². The van der Waals surface area contributed by atoms with Crippen LogP contribution >= 0.6 is 0 Å². The molecule has 2 amide bonds. The molecule has 0 fully saturated rings. The highest BCUT2D eigenvalue weighted by Crippen LogP contribution is 2.35. The van der Waals surface area contributed by atoms with Crippen LogP contribution in [0.5, 0.6) is 5.75 Å². The van der Waals surface area contributed by atoms with Gasteiger partial charge in [-0.2, -0.15) is 0 Å². The number of rotatable bonds is 16. The summed E-state index contributed by atoms with van der Waals surface area (Å²) in [5.41, 5.74) is 13.6. The number of hydrogen-bond acceptors (Lipinski definition) is 8. The highest BCUT2D eigenvalue weighted by molar-refractivity contribution is 6.07. The third-order valence-electron chi connectivity index (χ3n) is 11.3. The predicted octanol–water partition coefficient (Wildman–Crippen LogP) is 9.54. The Balaban J connectivity index is 0.760. The zero-order chi connectivity index (χ0) is 44.0. The van der Waals surface area contributed by atoms with E-state index in [4.69, 9.17) is 14.7 Å². The molecule has 0 radical (unpaired) electrons. The van der Waals surface area contributed by atoms with Crippen molar-refractivity contribution in [3.8, 4) is 39.5 Å². The van der Waals surface area contributed by atoms with Gasteiger partial charge in [0, 0.05) is 54.0 Å². The van der Waals surface area contributed by atoms with Gasteiger partial charge < -0.3 is 25.3 Å². The molecule has 12 heteroatoms. The van der Waals surface area contributed by atoms with E-state index >= 15 is 0 Å². The Morgan fingerprint density at radius 3 is 2.31 bits per heavy atom. The number of ether oxygens (including phenoxy) is 1. The van der Waals surface area contributed by atoms with Crippen molar-refractivity contribution in [3.05, 3.63) is 167 Å². The van der Waals surface area contributed by atoms with Crippen LogP contribution in [-0.2, 0) is 13.0 Å². The molecule has 12 nitrogen and oxygen atoms in total. The molecule has 0 spiro atoms. The number of nitrogens with zero attached hydrogens (tertiary/aromatic N) is 6. The highest BCUT2D eigenvalue weighted by Gasteiger charge is 2.18. The minimum atomic E-state index is -0.172. The number of carbonyl (C=O) groups excluding carboxylic acids is 2. The van der Waals surface area contributed by atoms with Crippen molar-refractivity contribution in [2.75, 3.05) is 39.1 Å². The fourth-order valence-corrected chi connectivity index (χ4v) is 7.70. The van der Waals surface area contributed by atoms with Crippen molar-refractivity contribution in [2.45, 2.75) is 32.7 Å². The van der Waals surface area contributed by atoms with Gasteiger partial charge in [0.1, 0.15) is 17.3 Å². The van der Waals surface area contributed by atoms with Gasteiger partial charge in [0.2, 0.25) is 0 Å². The molecule has 9 rings (SSSR count). The fourth-order valence-electron chi connectivity index (χ4n) is 7.70. The molecule has 0 aliphatic carbocycles. The van der Waals surface area contributed by atoms with Crippen molar-refractivity contribution in [1.29, 1.82) is 0 Å². The van der Waals surface area contributed by atoms with Crippen molar-refractivity contribution in [3.63, 3.8) is 0 Å². The van der Waals surface area contributed by atoms with Gasteiger partial charge in [-0.05, 0) is 135 Å². The van der Waals surface area contributed by atoms with Crippen LogP contribution in [-0.4, -0.2) is 81.2 Å². The Morgan fingerprint density at radius 1 is 0.766 bits per heavy atom. The molecule has 3 heterocycles. The fraction of sp³-hybridized carbons (Fsp3) is 0.192. The van der Waals surface area contributed by atoms with E-state index in [1.807, 2.05) is 110 Å². The molecule has 1 aliphatic heterocycles. The van der Waals surface area contributed by atoms with Crippen LogP contribution in [0.25, 0.3) is 44.8 Å². The van der Waals surface area contributed by atoms with Gasteiger partial charge in [0.25, 0.3) is 11.8 Å². The Morgan fingerprint density at radius 2 is 1.50 bits per heavy atom. The number of aromatic amines is 1. The summed E-state index contributed by atoms with van der Waals surface area (Å²) in [5, 5.41) is 14.6. The van der Waals surface area contributed by atoms with E-state index in [1.165, 1.54) is 5.56 Å². The molecule has 6 aromatic carbocycles. The van der Waals surface area contributed by atoms with Crippen molar-refractivity contribution >= 4 is 39.9 Å². The lowest BCUT2D eigenvalue weighted by Crippen LogP contribution is -2.25. The van der Waals surface area contributed by atoms with Crippen LogP contribution in [0.2, 0.25) is 0 Å². The first-order valence-corrected chi connectivity index (χ1v) is 21.6. The van der Waals surface area contributed by atoms with Crippen LogP contribution in [0.3, 0.4) is 0 Å². The van der Waals surface area contributed by atoms with E-state index in [9.17, 15) is 9.59 Å². The molecular formula is C52H49N9O3. The van der Waals surface area contributed by atoms with Crippen LogP contribution in [0.4, 0.5) is 11.4 Å². The molecular weight excluding hydrogens is 799 g/mol. The van der Waals surface area contributed by atoms with E-state index in [0.29, 0.717) is 48.6 Å². The van der Waals surface area contributed by atoms with Gasteiger partial charge in [-0.1, -0.05) is 65.4 Å². The Labute approximate surface area is 372 Å². The Hall–Kier alpha value is -7.70. The zero-order valence-electron chi connectivity index (χ0n) is 36.1. The van der Waals surface area contributed by atoms with Crippen LogP contribution < -0.4 is 15.4 Å². The molecule has 2 aromatic heterocycles. The number of hydrogen-bond donors (Lipinski definition) is 3. The lowest BCUT2D eigenvalue weighted by atomic mass is 9.99. The minimum Gasteiger partial charge on any atom is -0.494 e. The zero-order valence-corrected chi connectivity index (χ0v) is 36.1. The van der Waals surface area contributed by atoms with Crippen LogP contribution in [0.15, 0.2) is 145 Å². The topological polar surface area (TPSA) is 142 Å². The standard InChI is InChI=1S/C52H49N9O3/c1-34-9-11-38(12-10-34)52(63)54-43-8-4-7-41(29-43)49-33-61(59-58-49)27-5-25-53-51(62)37-15-13-35(14-16-37)46-32-42-18-17-39(30-47(42)55-46)40-21-24-45-48(31-40)57-50(56-45)36-19-22-44(23-20-36)64-28-6-26-60(2)3/h4,7-24,29-31,33H,5-6,25-28,32H2,1-3H3,(H,53,62)(H,54,63)(H,56,57). The number of H-pyrrole nitrogens is 1. The number of aromatic nitrogens is 5. The maximum Gasteiger partial charge on any atom is 0.255 e. The van der Waals surface area contributed by atoms with E-state index < -0.39 is 0 Å². The third-order valence-corrected chi connectivity index (χ3v) is 11.3. The second-order valence-corrected chi connectivity index (χ2v) is 16.4. The average molecular weight is 848 g/mol. The Bertz CT molecular complexity index is 2970. The normalized spacial score (nSPS) is 12.0. The summed E-state index contributed by atoms with van der Waals surface area (Å²) in [6.07, 6.45) is 4.25. The number of carbonyl (C=O) groups is 2. The number of aliphatic imine (C=N–C) groups is 1. The number of fused-ring (bicyclic) bond motifs is 2. The lowest BCUT2D eigenvalue weighted by Gasteiger charge is -2.10. The van der Waals surface area contributed by atoms with Gasteiger partial charge in [-0.3, -0.25) is 19.3 Å². The predicted molar refractivity (Wildman–Crippen MR) is 254 cm³/mol. The summed E-state index contributed by atoms with van der Waals surface area (Å²) >= 11 is 0. The van der Waals surface area contributed by atoms with E-state index in [-0.39, 0.29) is 11.8 Å². The first-order valence-electron chi connectivity index (χ1n) is 21.6. The average Bonchev–Trinajstić information content (AvgIpc) is 4.08. The third kappa shape index (κ3) is 9.83. The second-order valence-electron chi connectivity index (χ2n) is 16.4. The second kappa shape index (κ2) is 18.7. The Kier molecular flexibility index (Phi) is 12.2. The number of aryl methyl sites for hydroxylation is 2. The highest BCUT2D eigenvalue weighted by atomic mass is 16.5. The number of benzene rings is 6. The van der Waals surface area contributed by atoms with Gasteiger partial charge in [0.05, 0.1) is 35.2 Å². The summed E-state index contributed by atoms with van der Waals surface area (Å²) in [4.78, 5) is 41.3. The summed E-state index contributed by atoms with van der Waals surface area (Å²) in [6.45, 7) is 4.73. The molecule has 0 bridgehead atoms. The monoisotopic (exact) mass is 847 g/mol. The van der Waals surface area contributed by atoms with E-state index in [2.05, 4.69) is 81.3 Å². The van der Waals surface area contributed by atoms with E-state index in [0.717, 1.165) is 86.8 Å². The maximum absolute atomic E-state index is 13.0. The number of amides is 2. The summed E-state index contributed by atoms with van der Waals surface area (Å²) < 4.78 is 7.67. The lowest BCUT2D eigenvalue weighted by molar-refractivity contribution is 0.0951. The number of imidazole rings is 1. The molecule has 8 aromatic rings. The SMILES string of the molecule is Cc1ccc(C(=O)Nc2cccc(-c3cn(CCCNC(=O)c4ccc(C5=Nc6cc(-c7ccc8nc(-c9ccc(OCCCN(C)C)cc9)[nH]c8c7)ccc6C5)cc4)nn3)c2)cc1. The molecule has 320 valence electrons. The summed E-state index contributed by atoms with van der Waals surface area (Å²) in [5.74, 6) is 1.37. The first kappa shape index (κ1) is 41.6. The largest absolute Gasteiger partial charge is 0.494 e. The number of nitrogens with one attached hydrogen (secondary N) is 3. The van der Waals surface area contributed by atoms with Gasteiger partial charge in [-0.25, -0.2) is 4.98 Å². The quantitative estimate of drug-likeness (QED) is 0.0823. The van der Waals surface area contributed by atoms with Crippen molar-refractivity contribution < 1.29 is 14.3 Å². The first-order chi connectivity index (χ1) is 31.2. The van der Waals surface area contributed by atoms with E-state index in [1.54, 1.807) is 4.68 Å². The molecule has 64 heavy (non-hydrogen) atoms. The van der Waals surface area contributed by atoms with Crippen molar-refractivity contribution in [1.82, 2.24) is 35.2 Å². The van der Waals surface area contributed by atoms with Crippen LogP contribution in [0, 0.1) is 6.92 Å². The number of anilines is 1. The maximum atomic E-state index is 13.0. The molecule has 3 N–H and O–H groups in total. The minimum absolute atomic E-state index is 0.132. The molecule has 0 atom stereocenters. The summed E-state index contributed by atoms with van der Waals surface area (Å²) in [6, 6.07) is 43.5. The summed E-state index contributed by atoms with van der Waals surface area (Å²) in [7, 11) is 4.13. The smallest absolute Gasteiger partial charge is 0.255 e. The van der Waals surface area contributed by atoms with Crippen molar-refractivity contribution in [2.24, 2.45) is 4.99 Å². The molecule has 0 saturated heterocycles.